The Morgan fingerprint density at radius 2 is 1.25 bits per heavy atom. The summed E-state index contributed by atoms with van der Waals surface area (Å²) in [5.41, 5.74) is 0. The van der Waals surface area contributed by atoms with Crippen molar-refractivity contribution < 1.29 is 5.71 Å². The molecule has 0 aromatic rings. The van der Waals surface area contributed by atoms with Gasteiger partial charge in [0.2, 0.25) is 0 Å². The molecule has 0 heterocycles. The zero-order valence-electron chi connectivity index (χ0n) is 5.71. The first-order valence-corrected chi connectivity index (χ1v) is 0. The minimum atomic E-state index is 0. The maximum atomic E-state index is 0. The second-order valence-corrected chi connectivity index (χ2v) is 0. The fourth-order valence-corrected chi connectivity index (χ4v) is 0. The molecule has 4 heavy (non-hydrogen) atoms. The standard InChI is InChI=1S/Ge.H3P.H2Se.H4Si.4H/h;1H3;1H2;1H4;;;;/q+4;;;;4*-1. The largest absolute Gasteiger partial charge is 0.0149 e. The van der Waals surface area contributed by atoms with Gasteiger partial charge in [0.15, 0.2) is 0 Å². The summed E-state index contributed by atoms with van der Waals surface area (Å²) in [6.07, 6.45) is 0. The summed E-state index contributed by atoms with van der Waals surface area (Å²) in [7, 11) is 0. The Kier molecular flexibility index (Phi) is 240. The SMILES string of the molecule is P.[Ge+4].[H-].[H-].[H-].[H-].[SeH2].[SiH4]. The average molecular weight is 224 g/mol. The Hall–Kier alpha value is 1.71. The van der Waals surface area contributed by atoms with E-state index >= 15 is 0 Å². The molecule has 0 aromatic carbocycles. The molecular weight excluding hydrogens is 211 g/mol. The van der Waals surface area contributed by atoms with Crippen molar-refractivity contribution in [1.82, 2.24) is 0 Å². The van der Waals surface area contributed by atoms with Crippen LogP contribution in [-0.2, 0) is 0 Å². The molecule has 0 aliphatic carbocycles. The summed E-state index contributed by atoms with van der Waals surface area (Å²) in [5, 5.41) is 0. The molecule has 4 heteroatoms. The summed E-state index contributed by atoms with van der Waals surface area (Å²) >= 11 is 0. The molecule has 0 saturated carbocycles. The molecule has 1 atom stereocenters. The first kappa shape index (κ1) is 43.3. The van der Waals surface area contributed by atoms with E-state index in [4.69, 9.17) is 0 Å². The van der Waals surface area contributed by atoms with Gasteiger partial charge in [-0.15, -0.1) is 0 Å². The van der Waals surface area contributed by atoms with Gasteiger partial charge in [0.1, 0.15) is 0 Å². The van der Waals surface area contributed by atoms with Crippen molar-refractivity contribution in [3.63, 3.8) is 0 Å². The summed E-state index contributed by atoms with van der Waals surface area (Å²) in [6.45, 7) is 0. The minimum absolute atomic E-state index is 0. The van der Waals surface area contributed by atoms with E-state index in [0.717, 1.165) is 0 Å². The first-order valence-electron chi connectivity index (χ1n) is 0. The van der Waals surface area contributed by atoms with E-state index < -0.39 is 0 Å². The Morgan fingerprint density at radius 3 is 1.25 bits per heavy atom. The van der Waals surface area contributed by atoms with Crippen molar-refractivity contribution in [2.75, 3.05) is 0 Å². The van der Waals surface area contributed by atoms with Crippen LogP contribution in [0.15, 0.2) is 0 Å². The van der Waals surface area contributed by atoms with Gasteiger partial charge in [0.05, 0.1) is 0 Å². The smallest absolute Gasteiger partial charge is 0.0149 e. The summed E-state index contributed by atoms with van der Waals surface area (Å²) < 4.78 is 0. The van der Waals surface area contributed by atoms with Gasteiger partial charge >= 0.3 is 34.7 Å². The van der Waals surface area contributed by atoms with Crippen molar-refractivity contribution in [3.8, 4) is 0 Å². The van der Waals surface area contributed by atoms with E-state index in [1.165, 1.54) is 0 Å². The monoisotopic (exact) mass is 226 g/mol. The van der Waals surface area contributed by atoms with Crippen molar-refractivity contribution >= 4 is 55.5 Å². The molecule has 0 aliphatic heterocycles. The summed E-state index contributed by atoms with van der Waals surface area (Å²) in [4.78, 5) is 0. The van der Waals surface area contributed by atoms with Crippen molar-refractivity contribution in [2.45, 2.75) is 0 Å². The van der Waals surface area contributed by atoms with Gasteiger partial charge in [0, 0.05) is 0 Å². The van der Waals surface area contributed by atoms with Crippen LogP contribution in [0.5, 0.6) is 0 Å². The molecule has 0 saturated heterocycles. The molecule has 0 nitrogen and oxygen atoms in total. The fraction of sp³-hybridized carbons (Fsp3) is 0. The Bertz CT molecular complexity index is 16.0. The molecule has 0 N–H and O–H groups in total. The molecule has 0 spiro atoms. The second kappa shape index (κ2) is 22.2. The van der Waals surface area contributed by atoms with Crippen LogP contribution >= 0.6 is 9.90 Å². The van der Waals surface area contributed by atoms with E-state index in [2.05, 4.69) is 0 Å². The normalized spacial score (nSPS) is 0. The molecule has 0 aromatic heterocycles. The molecular formula is H13GePSeSi. The maximum absolute atomic E-state index is 0. The molecule has 0 bridgehead atoms. The molecule has 32 valence electrons. The number of rotatable bonds is 0. The topological polar surface area (TPSA) is 0 Å². The van der Waals surface area contributed by atoms with Crippen LogP contribution in [0.3, 0.4) is 0 Å². The molecule has 0 amide bonds. The molecule has 1 unspecified atom stereocenters. The molecule has 0 radical (unpaired) electrons. The van der Waals surface area contributed by atoms with Gasteiger partial charge in [-0.1, -0.05) is 0 Å². The first-order chi connectivity index (χ1) is 0. The second-order valence-electron chi connectivity index (χ2n) is 0. The van der Waals surface area contributed by atoms with E-state index in [1.807, 2.05) is 0 Å². The maximum Gasteiger partial charge on any atom is -0.0149 e. The van der Waals surface area contributed by atoms with Crippen LogP contribution in [0, 0.1) is 0 Å². The van der Waals surface area contributed by atoms with Crippen LogP contribution in [0.4, 0.5) is 0 Å². The van der Waals surface area contributed by atoms with Crippen molar-refractivity contribution in [2.24, 2.45) is 0 Å². The molecule has 0 fully saturated rings. The van der Waals surface area contributed by atoms with Gasteiger partial charge in [-0.2, -0.15) is 9.90 Å². The van der Waals surface area contributed by atoms with E-state index in [1.54, 1.807) is 0 Å². The number of hydrogen-bond acceptors (Lipinski definition) is 0. The third-order valence-corrected chi connectivity index (χ3v) is 0. The van der Waals surface area contributed by atoms with Crippen LogP contribution in [0.25, 0.3) is 0 Å². The van der Waals surface area contributed by atoms with Crippen LogP contribution in [-0.4, -0.2) is 45.6 Å². The zero-order chi connectivity index (χ0) is 0. The van der Waals surface area contributed by atoms with Crippen molar-refractivity contribution in [1.29, 1.82) is 0 Å². The Morgan fingerprint density at radius 1 is 1.25 bits per heavy atom. The third kappa shape index (κ3) is 9.32. The minimum Gasteiger partial charge on any atom is -0.0149 e. The fourth-order valence-electron chi connectivity index (χ4n) is 0. The van der Waals surface area contributed by atoms with Gasteiger partial charge < -0.3 is 5.71 Å². The van der Waals surface area contributed by atoms with Gasteiger partial charge in [0.25, 0.3) is 0 Å². The third-order valence-electron chi connectivity index (χ3n) is 0. The van der Waals surface area contributed by atoms with Crippen molar-refractivity contribution in [3.05, 3.63) is 0 Å². The van der Waals surface area contributed by atoms with E-state index in [9.17, 15) is 0 Å². The van der Waals surface area contributed by atoms with Crippen LogP contribution < -0.4 is 0 Å². The van der Waals surface area contributed by atoms with Gasteiger partial charge in [-0.25, -0.2) is 0 Å². The Balaban J connectivity index is 0. The van der Waals surface area contributed by atoms with Crippen LogP contribution in [0.2, 0.25) is 0 Å². The van der Waals surface area contributed by atoms with E-state index in [-0.39, 0.29) is 61.2 Å². The quantitative estimate of drug-likeness (QED) is 0.322. The van der Waals surface area contributed by atoms with E-state index in [0.29, 0.717) is 0 Å². The molecule has 0 aliphatic rings. The predicted molar refractivity (Wildman–Crippen MR) is 41.2 cm³/mol. The number of hydrogen-bond donors (Lipinski definition) is 0. The summed E-state index contributed by atoms with van der Waals surface area (Å²) in [6, 6.07) is 0. The summed E-state index contributed by atoms with van der Waals surface area (Å²) in [5.74, 6) is 0. The predicted octanol–water partition coefficient (Wildman–Crippen LogP) is -2.24. The zero-order valence-corrected chi connectivity index (χ0v) is 7.32. The van der Waals surface area contributed by atoms with Gasteiger partial charge in [-0.05, 0) is 11.0 Å². The average Bonchev–Trinajstić information content (AvgIpc) is 0. The Labute approximate surface area is 61.5 Å². The molecule has 0 rings (SSSR count). The van der Waals surface area contributed by atoms with Crippen LogP contribution in [0.1, 0.15) is 5.71 Å². The van der Waals surface area contributed by atoms with Gasteiger partial charge in [-0.3, -0.25) is 0 Å².